The van der Waals surface area contributed by atoms with E-state index in [1.165, 1.54) is 0 Å². The minimum Gasteiger partial charge on any atom is -0.466 e. The number of carbonyl (C=O) groups is 3. The summed E-state index contributed by atoms with van der Waals surface area (Å²) in [5, 5.41) is 10.4. The van der Waals surface area contributed by atoms with Crippen LogP contribution in [0.4, 0.5) is 0 Å². The summed E-state index contributed by atoms with van der Waals surface area (Å²) in [4.78, 5) is 44.9. The van der Waals surface area contributed by atoms with E-state index in [1.54, 1.807) is 22.8 Å². The lowest BCUT2D eigenvalue weighted by Crippen LogP contribution is -2.59. The first-order valence-corrected chi connectivity index (χ1v) is 13.2. The molecule has 3 saturated heterocycles. The molecule has 0 aromatic rings. The van der Waals surface area contributed by atoms with E-state index >= 15 is 0 Å². The lowest BCUT2D eigenvalue weighted by molar-refractivity contribution is -0.163. The highest BCUT2D eigenvalue weighted by atomic mass is 16.6. The maximum absolute atomic E-state index is 14.2. The van der Waals surface area contributed by atoms with Crippen molar-refractivity contribution in [2.24, 2.45) is 23.7 Å². The molecule has 0 aromatic heterocycles. The number of unbranched alkanes of at least 4 members (excludes halogenated alkanes) is 1. The van der Waals surface area contributed by atoms with Gasteiger partial charge in [0, 0.05) is 13.1 Å². The van der Waals surface area contributed by atoms with Gasteiger partial charge in [-0.3, -0.25) is 14.4 Å². The van der Waals surface area contributed by atoms with Gasteiger partial charge >= 0.3 is 5.97 Å². The van der Waals surface area contributed by atoms with Gasteiger partial charge in [0.05, 0.1) is 30.8 Å². The summed E-state index contributed by atoms with van der Waals surface area (Å²) < 4.78 is 12.1. The Hall–Kier alpha value is -1.93. The van der Waals surface area contributed by atoms with Crippen molar-refractivity contribution in [2.75, 3.05) is 26.3 Å². The van der Waals surface area contributed by atoms with Crippen molar-refractivity contribution in [2.45, 2.75) is 90.5 Å². The second-order valence-corrected chi connectivity index (χ2v) is 11.1. The molecule has 2 bridgehead atoms. The van der Waals surface area contributed by atoms with E-state index in [0.717, 1.165) is 12.8 Å². The molecule has 1 spiro atoms. The molecule has 2 amide bonds. The fraction of sp³-hybridized carbons (Fsp3) is 0.815. The lowest BCUT2D eigenvalue weighted by Gasteiger charge is -2.40. The van der Waals surface area contributed by atoms with Crippen LogP contribution in [-0.4, -0.2) is 82.3 Å². The van der Waals surface area contributed by atoms with Crippen molar-refractivity contribution in [1.29, 1.82) is 0 Å². The van der Waals surface area contributed by atoms with Crippen LogP contribution in [0, 0.1) is 23.7 Å². The van der Waals surface area contributed by atoms with Crippen LogP contribution in [0.3, 0.4) is 0 Å². The van der Waals surface area contributed by atoms with Gasteiger partial charge in [-0.15, -0.1) is 6.58 Å². The normalized spacial score (nSPS) is 34.3. The van der Waals surface area contributed by atoms with Crippen LogP contribution in [0.1, 0.15) is 67.2 Å². The molecule has 0 saturated carbocycles. The first-order chi connectivity index (χ1) is 16.5. The number of aliphatic hydroxyl groups excluding tert-OH is 1. The van der Waals surface area contributed by atoms with E-state index in [0.29, 0.717) is 25.9 Å². The van der Waals surface area contributed by atoms with Gasteiger partial charge in [-0.25, -0.2) is 0 Å². The van der Waals surface area contributed by atoms with E-state index in [9.17, 15) is 19.5 Å². The predicted molar refractivity (Wildman–Crippen MR) is 132 cm³/mol. The number of hydrogen-bond acceptors (Lipinski definition) is 6. The number of carbonyl (C=O) groups excluding carboxylic acids is 3. The van der Waals surface area contributed by atoms with Gasteiger partial charge in [-0.2, -0.15) is 0 Å². The third-order valence-electron chi connectivity index (χ3n) is 8.32. The second kappa shape index (κ2) is 10.6. The number of ether oxygens (including phenoxy) is 2. The zero-order valence-corrected chi connectivity index (χ0v) is 22.3. The average molecular weight is 493 g/mol. The molecule has 8 heteroatoms. The van der Waals surface area contributed by atoms with Gasteiger partial charge in [-0.05, 0) is 44.9 Å². The predicted octanol–water partition coefficient (Wildman–Crippen LogP) is 2.78. The van der Waals surface area contributed by atoms with Crippen LogP contribution >= 0.6 is 0 Å². The average Bonchev–Trinajstić information content (AvgIpc) is 3.31. The zero-order valence-electron chi connectivity index (χ0n) is 22.3. The number of aliphatic hydroxyl groups is 1. The SMILES string of the molecule is C=CCN(CCCC)C(=O)C1N([C@@H](CO)CC(C)C)C(=O)[C@@H]2[C@H](C(=O)OCC)[C@@]3(C)OC12CC3C. The largest absolute Gasteiger partial charge is 0.466 e. The fourth-order valence-corrected chi connectivity index (χ4v) is 6.73. The highest BCUT2D eigenvalue weighted by Gasteiger charge is 2.80. The number of fused-ring (bicyclic) bond motifs is 1. The van der Waals surface area contributed by atoms with Crippen molar-refractivity contribution < 1.29 is 29.0 Å². The second-order valence-electron chi connectivity index (χ2n) is 11.1. The molecule has 0 aliphatic carbocycles. The number of hydrogen-bond donors (Lipinski definition) is 1. The summed E-state index contributed by atoms with van der Waals surface area (Å²) >= 11 is 0. The first-order valence-electron chi connectivity index (χ1n) is 13.2. The third kappa shape index (κ3) is 4.41. The first kappa shape index (κ1) is 27.7. The molecule has 0 radical (unpaired) electrons. The van der Waals surface area contributed by atoms with Gasteiger partial charge in [0.15, 0.2) is 0 Å². The van der Waals surface area contributed by atoms with Crippen molar-refractivity contribution >= 4 is 17.8 Å². The molecule has 3 rings (SSSR count). The topological polar surface area (TPSA) is 96.4 Å². The summed E-state index contributed by atoms with van der Waals surface area (Å²) in [5.74, 6) is -2.38. The molecular formula is C27H44N2O6. The molecule has 0 aromatic carbocycles. The van der Waals surface area contributed by atoms with Gasteiger partial charge in [0.2, 0.25) is 11.8 Å². The fourth-order valence-electron chi connectivity index (χ4n) is 6.73. The summed E-state index contributed by atoms with van der Waals surface area (Å²) in [6.45, 7) is 16.4. The summed E-state index contributed by atoms with van der Waals surface area (Å²) in [7, 11) is 0. The molecule has 35 heavy (non-hydrogen) atoms. The molecule has 8 nitrogen and oxygen atoms in total. The summed E-state index contributed by atoms with van der Waals surface area (Å²) in [6, 6.07) is -1.45. The Morgan fingerprint density at radius 3 is 2.60 bits per heavy atom. The van der Waals surface area contributed by atoms with E-state index in [-0.39, 0.29) is 36.9 Å². The van der Waals surface area contributed by atoms with Gasteiger partial charge in [-0.1, -0.05) is 40.2 Å². The van der Waals surface area contributed by atoms with Crippen LogP contribution in [0.5, 0.6) is 0 Å². The molecule has 3 aliphatic rings. The Bertz CT molecular complexity index is 830. The molecule has 7 atom stereocenters. The summed E-state index contributed by atoms with van der Waals surface area (Å²) in [6.07, 6.45) is 4.48. The van der Waals surface area contributed by atoms with Crippen molar-refractivity contribution in [3.63, 3.8) is 0 Å². The molecule has 3 unspecified atom stereocenters. The Labute approximate surface area is 210 Å². The maximum atomic E-state index is 14.2. The van der Waals surface area contributed by atoms with Gasteiger partial charge < -0.3 is 24.4 Å². The number of nitrogens with zero attached hydrogens (tertiary/aromatic N) is 2. The van der Waals surface area contributed by atoms with E-state index in [1.807, 2.05) is 27.7 Å². The van der Waals surface area contributed by atoms with Crippen molar-refractivity contribution in [1.82, 2.24) is 9.80 Å². The molecule has 3 heterocycles. The third-order valence-corrected chi connectivity index (χ3v) is 8.32. The van der Waals surface area contributed by atoms with Crippen molar-refractivity contribution in [3.05, 3.63) is 12.7 Å². The highest BCUT2D eigenvalue weighted by molar-refractivity contribution is 5.98. The standard InChI is InChI=1S/C27H44N2O6/c1-8-11-13-28(12-9-2)24(32)22-27-15-18(6)26(7,35-27)21(25(33)34-10-3)20(27)23(31)29(22)19(16-30)14-17(4)5/h9,17-22,30H,2,8,10-16H2,1,3-7H3/t18?,19-,20+,21-,22?,26+,27?/m1/s1. The van der Waals surface area contributed by atoms with Crippen LogP contribution in [-0.2, 0) is 23.9 Å². The van der Waals surface area contributed by atoms with Crippen LogP contribution in [0.15, 0.2) is 12.7 Å². The molecule has 198 valence electrons. The lowest BCUT2D eigenvalue weighted by atomic mass is 9.62. The van der Waals surface area contributed by atoms with Crippen LogP contribution in [0.25, 0.3) is 0 Å². The maximum Gasteiger partial charge on any atom is 0.312 e. The van der Waals surface area contributed by atoms with E-state index < -0.39 is 41.1 Å². The number of esters is 1. The number of amides is 2. The zero-order chi connectivity index (χ0) is 26.1. The Morgan fingerprint density at radius 2 is 2.06 bits per heavy atom. The summed E-state index contributed by atoms with van der Waals surface area (Å²) in [5.41, 5.74) is -2.02. The monoisotopic (exact) mass is 492 g/mol. The van der Waals surface area contributed by atoms with Crippen LogP contribution in [0.2, 0.25) is 0 Å². The molecule has 3 fully saturated rings. The van der Waals surface area contributed by atoms with Crippen LogP contribution < -0.4 is 0 Å². The Kier molecular flexibility index (Phi) is 8.37. The Morgan fingerprint density at radius 1 is 1.37 bits per heavy atom. The van der Waals surface area contributed by atoms with Gasteiger partial charge in [0.25, 0.3) is 0 Å². The van der Waals surface area contributed by atoms with E-state index in [4.69, 9.17) is 9.47 Å². The Balaban J connectivity index is 2.15. The number of likely N-dealkylation sites (tertiary alicyclic amines) is 1. The molecule has 1 N–H and O–H groups in total. The molecular weight excluding hydrogens is 448 g/mol. The molecule has 3 aliphatic heterocycles. The number of rotatable bonds is 12. The minimum atomic E-state index is -1.13. The van der Waals surface area contributed by atoms with Gasteiger partial charge in [0.1, 0.15) is 17.6 Å². The smallest absolute Gasteiger partial charge is 0.312 e. The van der Waals surface area contributed by atoms with Crippen molar-refractivity contribution in [3.8, 4) is 0 Å². The highest BCUT2D eigenvalue weighted by Crippen LogP contribution is 2.65. The minimum absolute atomic E-state index is 0.0441. The quantitative estimate of drug-likeness (QED) is 0.332. The van der Waals surface area contributed by atoms with E-state index in [2.05, 4.69) is 13.5 Å².